The minimum atomic E-state index is -6.00. The summed E-state index contributed by atoms with van der Waals surface area (Å²) >= 11 is 0. The van der Waals surface area contributed by atoms with Gasteiger partial charge in [-0.15, -0.1) is 0 Å². The molecule has 0 aromatic heterocycles. The monoisotopic (exact) mass is 542 g/mol. The SMILES string of the molecule is F[B-](F)(F)F.F[B-](F)(F)F.F[B-](F)(F)F.NCCCN.NCCCN.NCCCN.[Co+3]. The maximum Gasteiger partial charge on any atom is 3.00 e. The maximum atomic E-state index is 9.75. The summed E-state index contributed by atoms with van der Waals surface area (Å²) in [6.07, 6.45) is 2.83. The Hall–Kier alpha value is -0.379. The van der Waals surface area contributed by atoms with E-state index in [1.165, 1.54) is 0 Å². The molecule has 0 unspecified atom stereocenters. The van der Waals surface area contributed by atoms with E-state index in [1.54, 1.807) is 0 Å². The van der Waals surface area contributed by atoms with Gasteiger partial charge in [0.25, 0.3) is 0 Å². The van der Waals surface area contributed by atoms with Gasteiger partial charge in [-0.3, -0.25) is 0 Å². The molecule has 0 heterocycles. The molecule has 0 aromatic carbocycles. The van der Waals surface area contributed by atoms with Crippen LogP contribution in [0.5, 0.6) is 0 Å². The summed E-state index contributed by atoms with van der Waals surface area (Å²) in [6, 6.07) is 0. The molecule has 0 saturated heterocycles. The Labute approximate surface area is 184 Å². The molecule has 22 heteroatoms. The Kier molecular flexibility index (Phi) is 53.2. The number of nitrogens with two attached hydrogens (primary N) is 6. The molecule has 0 bridgehead atoms. The first-order valence-electron chi connectivity index (χ1n) is 8.07. The van der Waals surface area contributed by atoms with Crippen LogP contribution in [-0.4, -0.2) is 61.0 Å². The van der Waals surface area contributed by atoms with E-state index < -0.39 is 21.8 Å². The predicted molar refractivity (Wildman–Crippen MR) is 98.7 cm³/mol. The first kappa shape index (κ1) is 48.2. The normalized spacial score (nSPS) is 9.87. The van der Waals surface area contributed by atoms with Gasteiger partial charge in [-0.05, 0) is 58.5 Å². The van der Waals surface area contributed by atoms with Crippen LogP contribution in [0.15, 0.2) is 0 Å². The van der Waals surface area contributed by atoms with E-state index in [0.717, 1.165) is 58.5 Å². The molecule has 0 aliphatic rings. The standard InChI is InChI=1S/3C3H10N2.3BF4.Co/c3*4-2-1-3-5;3*2-1(3,4)5;/h3*1-5H2;;;;/q;;;3*-1;+3. The molecule has 0 aromatic rings. The van der Waals surface area contributed by atoms with Gasteiger partial charge in [0.15, 0.2) is 0 Å². The van der Waals surface area contributed by atoms with Gasteiger partial charge >= 0.3 is 38.5 Å². The van der Waals surface area contributed by atoms with E-state index in [9.17, 15) is 51.8 Å². The minimum Gasteiger partial charge on any atom is -0.418 e. The van der Waals surface area contributed by atoms with Crippen LogP contribution in [0.4, 0.5) is 51.8 Å². The third kappa shape index (κ3) is 715. The van der Waals surface area contributed by atoms with Gasteiger partial charge in [0.1, 0.15) is 0 Å². The van der Waals surface area contributed by atoms with E-state index in [-0.39, 0.29) is 16.8 Å². The van der Waals surface area contributed by atoms with Crippen molar-refractivity contribution in [2.24, 2.45) is 34.4 Å². The van der Waals surface area contributed by atoms with Gasteiger partial charge in [-0.1, -0.05) is 0 Å². The molecule has 31 heavy (non-hydrogen) atoms. The molecule has 0 spiro atoms. The van der Waals surface area contributed by atoms with Gasteiger partial charge in [-0.25, -0.2) is 0 Å². The second-order valence-electron chi connectivity index (χ2n) is 4.28. The van der Waals surface area contributed by atoms with E-state index in [1.807, 2.05) is 0 Å². The van der Waals surface area contributed by atoms with Crippen LogP contribution >= 0.6 is 0 Å². The average molecular weight is 542 g/mol. The Morgan fingerprint density at radius 2 is 0.387 bits per heavy atom. The molecule has 0 amide bonds. The second kappa shape index (κ2) is 34.2. The van der Waals surface area contributed by atoms with Crippen LogP contribution < -0.4 is 34.4 Å². The number of hydrogen-bond donors (Lipinski definition) is 6. The smallest absolute Gasteiger partial charge is 0.418 e. The van der Waals surface area contributed by atoms with Crippen molar-refractivity contribution in [1.29, 1.82) is 0 Å². The Bertz CT molecular complexity index is 223. The molecule has 0 radical (unpaired) electrons. The van der Waals surface area contributed by atoms with E-state index in [0.29, 0.717) is 0 Å². The molecule has 0 fully saturated rings. The van der Waals surface area contributed by atoms with Crippen molar-refractivity contribution < 1.29 is 68.6 Å². The molecule has 12 N–H and O–H groups in total. The Morgan fingerprint density at radius 3 is 0.387 bits per heavy atom. The van der Waals surface area contributed by atoms with Crippen molar-refractivity contribution in [3.8, 4) is 0 Å². The quantitative estimate of drug-likeness (QED) is 0.222. The molecular weight excluding hydrogens is 511 g/mol. The molecular formula is C9H30B3CoF12N6. The van der Waals surface area contributed by atoms with E-state index >= 15 is 0 Å². The second-order valence-corrected chi connectivity index (χ2v) is 4.28. The van der Waals surface area contributed by atoms with Crippen molar-refractivity contribution in [2.75, 3.05) is 39.3 Å². The maximum absolute atomic E-state index is 9.75. The van der Waals surface area contributed by atoms with Crippen LogP contribution in [0.2, 0.25) is 0 Å². The minimum absolute atomic E-state index is 0. The van der Waals surface area contributed by atoms with Gasteiger partial charge < -0.3 is 86.2 Å². The summed E-state index contributed by atoms with van der Waals surface area (Å²) in [7, 11) is -18.0. The van der Waals surface area contributed by atoms with E-state index in [4.69, 9.17) is 34.4 Å². The summed E-state index contributed by atoms with van der Waals surface area (Å²) < 4.78 is 117. The molecule has 0 rings (SSSR count). The molecule has 6 nitrogen and oxygen atoms in total. The van der Waals surface area contributed by atoms with Crippen molar-refractivity contribution in [2.45, 2.75) is 19.3 Å². The number of hydrogen-bond acceptors (Lipinski definition) is 6. The van der Waals surface area contributed by atoms with Crippen molar-refractivity contribution in [3.05, 3.63) is 0 Å². The Balaban J connectivity index is -0.0000000443. The summed E-state index contributed by atoms with van der Waals surface area (Å²) in [5, 5.41) is 0. The van der Waals surface area contributed by atoms with Crippen molar-refractivity contribution in [3.63, 3.8) is 0 Å². The summed E-state index contributed by atoms with van der Waals surface area (Å²) in [5.41, 5.74) is 30.4. The Morgan fingerprint density at radius 1 is 0.323 bits per heavy atom. The van der Waals surface area contributed by atoms with Crippen molar-refractivity contribution in [1.82, 2.24) is 0 Å². The van der Waals surface area contributed by atoms with Crippen LogP contribution in [0, 0.1) is 0 Å². The fourth-order valence-corrected chi connectivity index (χ4v) is 0.354. The largest absolute Gasteiger partial charge is 3.00 e. The van der Waals surface area contributed by atoms with Crippen LogP contribution in [0.25, 0.3) is 0 Å². The van der Waals surface area contributed by atoms with Crippen molar-refractivity contribution >= 4 is 21.8 Å². The first-order valence-corrected chi connectivity index (χ1v) is 8.07. The number of rotatable bonds is 6. The van der Waals surface area contributed by atoms with Gasteiger partial charge in [0.2, 0.25) is 0 Å². The van der Waals surface area contributed by atoms with Crippen LogP contribution in [-0.2, 0) is 16.8 Å². The van der Waals surface area contributed by atoms with Gasteiger partial charge in [0, 0.05) is 0 Å². The first-order chi connectivity index (χ1) is 13.2. The van der Waals surface area contributed by atoms with Crippen LogP contribution in [0.1, 0.15) is 19.3 Å². The zero-order chi connectivity index (χ0) is 25.9. The fraction of sp³-hybridized carbons (Fsp3) is 1.00. The average Bonchev–Trinajstić information content (AvgIpc) is 2.46. The number of halogens is 12. The summed E-state index contributed by atoms with van der Waals surface area (Å²) in [6.45, 7) is 4.31. The molecule has 0 aliphatic heterocycles. The van der Waals surface area contributed by atoms with E-state index in [2.05, 4.69) is 0 Å². The zero-order valence-corrected chi connectivity index (χ0v) is 17.5. The molecule has 0 atom stereocenters. The zero-order valence-electron chi connectivity index (χ0n) is 16.4. The van der Waals surface area contributed by atoms with Gasteiger partial charge in [-0.2, -0.15) is 0 Å². The fourth-order valence-electron chi connectivity index (χ4n) is 0.354. The predicted octanol–water partition coefficient (Wildman–Crippen LogP) is 1.78. The third-order valence-electron chi connectivity index (χ3n) is 1.22. The molecule has 0 saturated carbocycles. The third-order valence-corrected chi connectivity index (χ3v) is 1.22. The summed E-state index contributed by atoms with van der Waals surface area (Å²) in [5.74, 6) is 0. The van der Waals surface area contributed by atoms with Gasteiger partial charge in [0.05, 0.1) is 0 Å². The molecule has 198 valence electrons. The summed E-state index contributed by atoms with van der Waals surface area (Å²) in [4.78, 5) is 0. The molecule has 0 aliphatic carbocycles. The van der Waals surface area contributed by atoms with Crippen LogP contribution in [0.3, 0.4) is 0 Å². The topological polar surface area (TPSA) is 156 Å².